The van der Waals surface area contributed by atoms with Crippen molar-refractivity contribution in [1.29, 1.82) is 0 Å². The minimum Gasteiger partial charge on any atom is -0.360 e. The summed E-state index contributed by atoms with van der Waals surface area (Å²) in [5, 5.41) is 35.8. The number of nitrogens with one attached hydrogen (secondary N) is 3. The molecular formula is C9H15N3O4. The quantitative estimate of drug-likeness (QED) is 0.264. The molecule has 0 saturated carbocycles. The fourth-order valence-electron chi connectivity index (χ4n) is 1.34. The van der Waals surface area contributed by atoms with Gasteiger partial charge in [0.1, 0.15) is 0 Å². The SMILES string of the molecule is ON[C@@H](CC(O)(NO)NO)c1ccccc1. The van der Waals surface area contributed by atoms with Gasteiger partial charge in [0, 0.05) is 6.42 Å². The summed E-state index contributed by atoms with van der Waals surface area (Å²) in [6.07, 6.45) is -0.208. The molecule has 7 heteroatoms. The molecule has 7 N–H and O–H groups in total. The van der Waals surface area contributed by atoms with Crippen molar-refractivity contribution >= 4 is 0 Å². The molecule has 0 spiro atoms. The van der Waals surface area contributed by atoms with E-state index in [0.29, 0.717) is 5.56 Å². The molecule has 0 heterocycles. The number of hydrogen-bond donors (Lipinski definition) is 7. The minimum atomic E-state index is -2.10. The van der Waals surface area contributed by atoms with E-state index in [4.69, 9.17) is 15.6 Å². The molecule has 0 aliphatic carbocycles. The van der Waals surface area contributed by atoms with Crippen molar-refractivity contribution in [1.82, 2.24) is 16.4 Å². The molecule has 0 fully saturated rings. The second-order valence-corrected chi connectivity index (χ2v) is 3.38. The average Bonchev–Trinajstić information content (AvgIpc) is 2.36. The zero-order valence-electron chi connectivity index (χ0n) is 8.46. The van der Waals surface area contributed by atoms with E-state index in [0.717, 1.165) is 0 Å². The van der Waals surface area contributed by atoms with Gasteiger partial charge in [-0.25, -0.2) is 0 Å². The van der Waals surface area contributed by atoms with Crippen molar-refractivity contribution in [2.75, 3.05) is 0 Å². The topological polar surface area (TPSA) is 117 Å². The first-order chi connectivity index (χ1) is 7.65. The molecule has 0 saturated heterocycles. The molecule has 0 aromatic heterocycles. The summed E-state index contributed by atoms with van der Waals surface area (Å²) in [4.78, 5) is 0. The summed E-state index contributed by atoms with van der Waals surface area (Å²) in [5.41, 5.74) is 5.68. The van der Waals surface area contributed by atoms with Crippen LogP contribution in [-0.2, 0) is 0 Å². The third kappa shape index (κ3) is 3.22. The zero-order chi connectivity index (χ0) is 12.0. The van der Waals surface area contributed by atoms with Crippen LogP contribution in [-0.4, -0.2) is 26.6 Å². The highest BCUT2D eigenvalue weighted by Gasteiger charge is 2.29. The normalized spacial score (nSPS) is 13.8. The Kier molecular flexibility index (Phi) is 4.77. The zero-order valence-corrected chi connectivity index (χ0v) is 8.46. The van der Waals surface area contributed by atoms with Crippen LogP contribution in [0, 0.1) is 0 Å². The molecule has 0 aliphatic heterocycles. The van der Waals surface area contributed by atoms with Crippen LogP contribution in [0.3, 0.4) is 0 Å². The van der Waals surface area contributed by atoms with Crippen molar-refractivity contribution in [2.45, 2.75) is 18.3 Å². The van der Waals surface area contributed by atoms with Gasteiger partial charge in [-0.1, -0.05) is 30.3 Å². The van der Waals surface area contributed by atoms with E-state index in [9.17, 15) is 5.11 Å². The van der Waals surface area contributed by atoms with Crippen LogP contribution < -0.4 is 16.4 Å². The minimum absolute atomic E-state index is 0.208. The van der Waals surface area contributed by atoms with Crippen LogP contribution in [0.4, 0.5) is 0 Å². The molecule has 90 valence electrons. The highest BCUT2D eigenvalue weighted by Crippen LogP contribution is 2.20. The third-order valence-corrected chi connectivity index (χ3v) is 2.23. The first kappa shape index (κ1) is 13.0. The van der Waals surface area contributed by atoms with Gasteiger partial charge >= 0.3 is 0 Å². The van der Waals surface area contributed by atoms with Crippen LogP contribution in [0.5, 0.6) is 0 Å². The van der Waals surface area contributed by atoms with Crippen LogP contribution in [0.1, 0.15) is 18.0 Å². The first-order valence-electron chi connectivity index (χ1n) is 4.64. The molecule has 0 bridgehead atoms. The number of hydrogen-bond acceptors (Lipinski definition) is 7. The monoisotopic (exact) mass is 229 g/mol. The van der Waals surface area contributed by atoms with E-state index in [2.05, 4.69) is 0 Å². The van der Waals surface area contributed by atoms with E-state index in [1.165, 1.54) is 11.0 Å². The summed E-state index contributed by atoms with van der Waals surface area (Å²) in [6, 6.07) is 8.12. The Morgan fingerprint density at radius 3 is 2.06 bits per heavy atom. The van der Waals surface area contributed by atoms with Gasteiger partial charge in [-0.3, -0.25) is 0 Å². The highest BCUT2D eigenvalue weighted by molar-refractivity contribution is 5.18. The van der Waals surface area contributed by atoms with E-state index in [1.807, 2.05) is 5.48 Å². The Hall–Kier alpha value is -1.06. The van der Waals surface area contributed by atoms with Gasteiger partial charge < -0.3 is 20.7 Å². The molecule has 16 heavy (non-hydrogen) atoms. The Labute approximate surface area is 92.2 Å². The van der Waals surface area contributed by atoms with Crippen molar-refractivity contribution in [3.8, 4) is 0 Å². The molecule has 0 unspecified atom stereocenters. The molecule has 7 nitrogen and oxygen atoms in total. The second kappa shape index (κ2) is 5.87. The van der Waals surface area contributed by atoms with Crippen molar-refractivity contribution in [3.63, 3.8) is 0 Å². The van der Waals surface area contributed by atoms with Gasteiger partial charge in [-0.2, -0.15) is 16.4 Å². The Morgan fingerprint density at radius 2 is 1.62 bits per heavy atom. The van der Waals surface area contributed by atoms with E-state index in [-0.39, 0.29) is 6.42 Å². The van der Waals surface area contributed by atoms with Gasteiger partial charge in [-0.15, -0.1) is 0 Å². The first-order valence-corrected chi connectivity index (χ1v) is 4.64. The number of benzene rings is 1. The second-order valence-electron chi connectivity index (χ2n) is 3.38. The van der Waals surface area contributed by atoms with Gasteiger partial charge in [0.05, 0.1) is 6.04 Å². The van der Waals surface area contributed by atoms with Crippen LogP contribution in [0.25, 0.3) is 0 Å². The summed E-state index contributed by atoms with van der Waals surface area (Å²) >= 11 is 0. The lowest BCUT2D eigenvalue weighted by atomic mass is 10.0. The fourth-order valence-corrected chi connectivity index (χ4v) is 1.34. The van der Waals surface area contributed by atoms with Gasteiger partial charge in [0.25, 0.3) is 0 Å². The summed E-state index contributed by atoms with van der Waals surface area (Å²) in [6.45, 7) is 0. The van der Waals surface area contributed by atoms with E-state index >= 15 is 0 Å². The lowest BCUT2D eigenvalue weighted by Gasteiger charge is -2.28. The van der Waals surface area contributed by atoms with Crippen LogP contribution >= 0.6 is 0 Å². The lowest BCUT2D eigenvalue weighted by Crippen LogP contribution is -2.56. The maximum Gasteiger partial charge on any atom is 0.217 e. The summed E-state index contributed by atoms with van der Waals surface area (Å²) in [7, 11) is 0. The molecule has 0 aliphatic rings. The lowest BCUT2D eigenvalue weighted by molar-refractivity contribution is -0.187. The van der Waals surface area contributed by atoms with Crippen molar-refractivity contribution < 1.29 is 20.7 Å². The standard InChI is InChI=1S/C9H15N3O4/c13-9(11-15,12-16)6-8(10-14)7-4-2-1-3-5-7/h1-5,8,10-16H,6H2/t8-/m0/s1. The summed E-state index contributed by atoms with van der Waals surface area (Å²) < 4.78 is 0. The molecule has 1 aromatic rings. The molecule has 0 radical (unpaired) electrons. The number of aliphatic hydroxyl groups is 1. The Morgan fingerprint density at radius 1 is 1.06 bits per heavy atom. The maximum absolute atomic E-state index is 9.52. The van der Waals surface area contributed by atoms with Crippen LogP contribution in [0.15, 0.2) is 30.3 Å². The smallest absolute Gasteiger partial charge is 0.217 e. The summed E-state index contributed by atoms with van der Waals surface area (Å²) in [5.74, 6) is -2.10. The fraction of sp³-hybridized carbons (Fsp3) is 0.333. The van der Waals surface area contributed by atoms with Crippen molar-refractivity contribution in [3.05, 3.63) is 35.9 Å². The maximum atomic E-state index is 9.52. The van der Waals surface area contributed by atoms with Crippen LogP contribution in [0.2, 0.25) is 0 Å². The average molecular weight is 229 g/mol. The molecule has 1 aromatic carbocycles. The molecular weight excluding hydrogens is 214 g/mol. The number of rotatable bonds is 6. The third-order valence-electron chi connectivity index (χ3n) is 2.23. The largest absolute Gasteiger partial charge is 0.360 e. The van der Waals surface area contributed by atoms with Crippen molar-refractivity contribution in [2.24, 2.45) is 0 Å². The van der Waals surface area contributed by atoms with E-state index in [1.54, 1.807) is 30.3 Å². The van der Waals surface area contributed by atoms with E-state index < -0.39 is 11.9 Å². The van der Waals surface area contributed by atoms with Gasteiger partial charge in [0.2, 0.25) is 5.85 Å². The highest BCUT2D eigenvalue weighted by atomic mass is 16.6. The predicted octanol–water partition coefficient (Wildman–Crippen LogP) is -0.300. The van der Waals surface area contributed by atoms with Gasteiger partial charge in [0.15, 0.2) is 0 Å². The number of hydroxylamine groups is 3. The molecule has 0 amide bonds. The molecule has 1 atom stereocenters. The van der Waals surface area contributed by atoms with Gasteiger partial charge in [-0.05, 0) is 5.56 Å². The molecule has 1 rings (SSSR count). The predicted molar refractivity (Wildman–Crippen MR) is 53.5 cm³/mol. The Balaban J connectivity index is 2.77. The Bertz CT molecular complexity index is 305.